The summed E-state index contributed by atoms with van der Waals surface area (Å²) in [7, 11) is 3.60. The molecular formula is C27H33N3O5. The molecule has 2 N–H and O–H groups in total. The van der Waals surface area contributed by atoms with Gasteiger partial charge in [0.05, 0.1) is 0 Å². The van der Waals surface area contributed by atoms with Crippen LogP contribution in [-0.2, 0) is 14.3 Å². The Hall–Kier alpha value is -3.39. The van der Waals surface area contributed by atoms with Gasteiger partial charge >= 0.3 is 12.1 Å². The zero-order valence-electron chi connectivity index (χ0n) is 20.3. The average molecular weight is 480 g/mol. The molecule has 0 spiro atoms. The van der Waals surface area contributed by atoms with Crippen LogP contribution in [0.1, 0.15) is 42.7 Å². The van der Waals surface area contributed by atoms with E-state index >= 15 is 0 Å². The standard InChI is InChI=1S/C27H33N3O5/c1-29(2)15-24(26(33)30(16-25(31)32)18-9-3-4-10-18)28-27(34)35-17-23-21-13-7-5-11-19(21)20-12-6-8-14-22(20)23/h5-8,11-14,18,23-24H,3-4,9-10,15-17H2,1-2H3,(H,28,34)(H,31,32). The van der Waals surface area contributed by atoms with Crippen LogP contribution in [0.3, 0.4) is 0 Å². The summed E-state index contributed by atoms with van der Waals surface area (Å²) in [5.41, 5.74) is 4.49. The number of nitrogens with zero attached hydrogens (tertiary/aromatic N) is 2. The van der Waals surface area contributed by atoms with Crippen LogP contribution in [0.5, 0.6) is 0 Å². The molecule has 2 aromatic carbocycles. The largest absolute Gasteiger partial charge is 0.480 e. The number of carboxylic acid groups (broad SMARTS) is 1. The van der Waals surface area contributed by atoms with Crippen LogP contribution in [0.2, 0.25) is 0 Å². The molecule has 2 aromatic rings. The number of aliphatic carboxylic acids is 1. The number of fused-ring (bicyclic) bond motifs is 3. The maximum absolute atomic E-state index is 13.4. The Kier molecular flexibility index (Phi) is 7.70. The molecule has 1 atom stereocenters. The Morgan fingerprint density at radius 2 is 1.57 bits per heavy atom. The summed E-state index contributed by atoms with van der Waals surface area (Å²) < 4.78 is 5.63. The molecule has 1 fully saturated rings. The number of carbonyl (C=O) groups is 3. The molecule has 0 saturated heterocycles. The fraction of sp³-hybridized carbons (Fsp3) is 0.444. The van der Waals surface area contributed by atoms with Crippen molar-refractivity contribution >= 4 is 18.0 Å². The number of hydrogen-bond acceptors (Lipinski definition) is 5. The van der Waals surface area contributed by atoms with Crippen molar-refractivity contribution in [3.8, 4) is 11.1 Å². The third kappa shape index (κ3) is 5.65. The number of likely N-dealkylation sites (N-methyl/N-ethyl adjacent to an activating group) is 1. The first-order valence-corrected chi connectivity index (χ1v) is 12.1. The highest BCUT2D eigenvalue weighted by Crippen LogP contribution is 2.44. The Bertz CT molecular complexity index is 1030. The summed E-state index contributed by atoms with van der Waals surface area (Å²) in [6.45, 7) is 0.00979. The van der Waals surface area contributed by atoms with Gasteiger partial charge in [0.2, 0.25) is 5.91 Å². The van der Waals surface area contributed by atoms with Crippen molar-refractivity contribution in [1.29, 1.82) is 0 Å². The molecular weight excluding hydrogens is 446 g/mol. The van der Waals surface area contributed by atoms with Crippen molar-refractivity contribution in [2.45, 2.75) is 43.7 Å². The van der Waals surface area contributed by atoms with Gasteiger partial charge < -0.3 is 25.0 Å². The van der Waals surface area contributed by atoms with Crippen LogP contribution in [0.25, 0.3) is 11.1 Å². The average Bonchev–Trinajstić information content (AvgIpc) is 3.47. The van der Waals surface area contributed by atoms with E-state index in [0.717, 1.165) is 47.9 Å². The van der Waals surface area contributed by atoms with Gasteiger partial charge in [0.1, 0.15) is 19.2 Å². The fourth-order valence-electron chi connectivity index (χ4n) is 5.28. The predicted octanol–water partition coefficient (Wildman–Crippen LogP) is 3.31. The molecule has 8 nitrogen and oxygen atoms in total. The quantitative estimate of drug-likeness (QED) is 0.573. The van der Waals surface area contributed by atoms with Gasteiger partial charge in [-0.2, -0.15) is 0 Å². The van der Waals surface area contributed by atoms with Gasteiger partial charge in [-0.1, -0.05) is 61.4 Å². The molecule has 0 aliphatic heterocycles. The monoisotopic (exact) mass is 479 g/mol. The second-order valence-electron chi connectivity index (χ2n) is 9.58. The molecule has 0 radical (unpaired) electrons. The second kappa shape index (κ2) is 10.9. The second-order valence-corrected chi connectivity index (χ2v) is 9.58. The molecule has 186 valence electrons. The van der Waals surface area contributed by atoms with E-state index in [1.807, 2.05) is 36.4 Å². The number of hydrogen-bond donors (Lipinski definition) is 2. The van der Waals surface area contributed by atoms with Crippen LogP contribution in [0.15, 0.2) is 48.5 Å². The molecule has 2 amide bonds. The SMILES string of the molecule is CN(C)CC(NC(=O)OCC1c2ccccc2-c2ccccc21)C(=O)N(CC(=O)O)C1CCCC1. The van der Waals surface area contributed by atoms with E-state index in [9.17, 15) is 19.5 Å². The van der Waals surface area contributed by atoms with Crippen molar-refractivity contribution in [2.75, 3.05) is 33.8 Å². The molecule has 4 rings (SSSR count). The minimum Gasteiger partial charge on any atom is -0.480 e. The number of alkyl carbamates (subject to hydrolysis) is 1. The van der Waals surface area contributed by atoms with E-state index in [1.165, 1.54) is 4.90 Å². The molecule has 8 heteroatoms. The third-order valence-corrected chi connectivity index (χ3v) is 6.84. The Labute approximate surface area is 205 Å². The number of amides is 2. The Balaban J connectivity index is 1.45. The smallest absolute Gasteiger partial charge is 0.407 e. The Morgan fingerprint density at radius 1 is 1.00 bits per heavy atom. The molecule has 0 aromatic heterocycles. The van der Waals surface area contributed by atoms with Crippen LogP contribution >= 0.6 is 0 Å². The molecule has 0 bridgehead atoms. The Morgan fingerprint density at radius 3 is 2.11 bits per heavy atom. The minimum atomic E-state index is -1.06. The van der Waals surface area contributed by atoms with Crippen molar-refractivity contribution in [1.82, 2.24) is 15.1 Å². The summed E-state index contributed by atoms with van der Waals surface area (Å²) in [5.74, 6) is -1.53. The number of ether oxygens (including phenoxy) is 1. The van der Waals surface area contributed by atoms with E-state index < -0.39 is 18.1 Å². The van der Waals surface area contributed by atoms with E-state index in [1.54, 1.807) is 19.0 Å². The lowest BCUT2D eigenvalue weighted by molar-refractivity contribution is -0.147. The molecule has 1 saturated carbocycles. The van der Waals surface area contributed by atoms with Crippen molar-refractivity contribution in [2.24, 2.45) is 0 Å². The zero-order chi connectivity index (χ0) is 24.9. The van der Waals surface area contributed by atoms with Crippen molar-refractivity contribution in [3.63, 3.8) is 0 Å². The highest BCUT2D eigenvalue weighted by Gasteiger charge is 2.35. The zero-order valence-corrected chi connectivity index (χ0v) is 20.3. The number of rotatable bonds is 9. The first kappa shape index (κ1) is 24.7. The first-order valence-electron chi connectivity index (χ1n) is 12.1. The number of carbonyl (C=O) groups excluding carboxylic acids is 2. The third-order valence-electron chi connectivity index (χ3n) is 6.84. The van der Waals surface area contributed by atoms with E-state index in [-0.39, 0.29) is 37.6 Å². The normalized spacial score (nSPS) is 16.0. The summed E-state index contributed by atoms with van der Waals surface area (Å²) in [4.78, 5) is 40.9. The number of nitrogens with one attached hydrogen (secondary N) is 1. The topological polar surface area (TPSA) is 99.2 Å². The maximum Gasteiger partial charge on any atom is 0.407 e. The van der Waals surface area contributed by atoms with E-state index in [0.29, 0.717) is 0 Å². The van der Waals surface area contributed by atoms with E-state index in [4.69, 9.17) is 4.74 Å². The summed E-state index contributed by atoms with van der Waals surface area (Å²) in [6, 6.07) is 15.2. The lowest BCUT2D eigenvalue weighted by Gasteiger charge is -2.32. The summed E-state index contributed by atoms with van der Waals surface area (Å²) >= 11 is 0. The lowest BCUT2D eigenvalue weighted by atomic mass is 9.98. The number of benzene rings is 2. The van der Waals surface area contributed by atoms with Gasteiger partial charge in [-0.05, 0) is 49.2 Å². The minimum absolute atomic E-state index is 0.0850. The van der Waals surface area contributed by atoms with Gasteiger partial charge in [-0.3, -0.25) is 9.59 Å². The molecule has 35 heavy (non-hydrogen) atoms. The first-order chi connectivity index (χ1) is 16.8. The molecule has 1 unspecified atom stereocenters. The summed E-state index contributed by atoms with van der Waals surface area (Å²) in [6.07, 6.45) is 2.80. The van der Waals surface area contributed by atoms with Crippen LogP contribution < -0.4 is 5.32 Å². The van der Waals surface area contributed by atoms with Gasteiger partial charge in [0.25, 0.3) is 0 Å². The predicted molar refractivity (Wildman–Crippen MR) is 132 cm³/mol. The van der Waals surface area contributed by atoms with E-state index in [2.05, 4.69) is 17.4 Å². The highest BCUT2D eigenvalue weighted by molar-refractivity contribution is 5.88. The fourth-order valence-corrected chi connectivity index (χ4v) is 5.28. The van der Waals surface area contributed by atoms with Gasteiger partial charge in [-0.25, -0.2) is 4.79 Å². The molecule has 2 aliphatic carbocycles. The molecule has 2 aliphatic rings. The van der Waals surface area contributed by atoms with Crippen LogP contribution in [-0.4, -0.2) is 78.8 Å². The lowest BCUT2D eigenvalue weighted by Crippen LogP contribution is -2.56. The van der Waals surface area contributed by atoms with Crippen molar-refractivity contribution in [3.05, 3.63) is 59.7 Å². The van der Waals surface area contributed by atoms with Crippen LogP contribution in [0.4, 0.5) is 4.79 Å². The van der Waals surface area contributed by atoms with Crippen LogP contribution in [0, 0.1) is 0 Å². The highest BCUT2D eigenvalue weighted by atomic mass is 16.5. The summed E-state index contributed by atoms with van der Waals surface area (Å²) in [5, 5.41) is 12.1. The van der Waals surface area contributed by atoms with Gasteiger partial charge in [-0.15, -0.1) is 0 Å². The van der Waals surface area contributed by atoms with Gasteiger partial charge in [0, 0.05) is 18.5 Å². The van der Waals surface area contributed by atoms with Gasteiger partial charge in [0.15, 0.2) is 0 Å². The molecule has 0 heterocycles. The number of carboxylic acids is 1. The maximum atomic E-state index is 13.4. The van der Waals surface area contributed by atoms with Crippen molar-refractivity contribution < 1.29 is 24.2 Å².